The first-order valence-electron chi connectivity index (χ1n) is 6.84. The Morgan fingerprint density at radius 3 is 2.57 bits per heavy atom. The third-order valence-corrected chi connectivity index (χ3v) is 3.52. The molecule has 6 nitrogen and oxygen atoms in total. The minimum atomic E-state index is -0.314. The first-order chi connectivity index (χ1) is 11.0. The molecule has 2 aromatic rings. The first-order valence-corrected chi connectivity index (χ1v) is 7.92. The predicted octanol–water partition coefficient (Wildman–Crippen LogP) is 2.82. The standard InChI is InChI=1S/C16H15IN4O2/c1-11(10-15(22)19-14-4-2-3-9-18-14)20-21-16(23)12-5-7-13(17)8-6-12/h2-9H,10H2,1H3,(H,21,23)(H,18,19,22). The third kappa shape index (κ3) is 5.78. The number of anilines is 1. The molecule has 118 valence electrons. The summed E-state index contributed by atoms with van der Waals surface area (Å²) < 4.78 is 1.05. The number of hydrogen-bond acceptors (Lipinski definition) is 4. The molecule has 0 bridgehead atoms. The second kappa shape index (κ2) is 8.37. The highest BCUT2D eigenvalue weighted by molar-refractivity contribution is 14.1. The van der Waals surface area contributed by atoms with Crippen molar-refractivity contribution in [2.45, 2.75) is 13.3 Å². The number of carbonyl (C=O) groups is 2. The maximum absolute atomic E-state index is 11.9. The molecule has 1 heterocycles. The number of amides is 2. The third-order valence-electron chi connectivity index (χ3n) is 2.80. The van der Waals surface area contributed by atoms with Gasteiger partial charge in [0.25, 0.3) is 5.91 Å². The molecule has 0 fully saturated rings. The Balaban J connectivity index is 1.86. The molecule has 7 heteroatoms. The predicted molar refractivity (Wildman–Crippen MR) is 97.2 cm³/mol. The molecule has 0 radical (unpaired) electrons. The average Bonchev–Trinajstić information content (AvgIpc) is 2.54. The normalized spacial score (nSPS) is 11.0. The minimum Gasteiger partial charge on any atom is -0.310 e. The van der Waals surface area contributed by atoms with Crippen LogP contribution in [0.2, 0.25) is 0 Å². The van der Waals surface area contributed by atoms with E-state index in [0.717, 1.165) is 3.57 Å². The van der Waals surface area contributed by atoms with E-state index in [1.165, 1.54) is 0 Å². The Bertz CT molecular complexity index is 715. The van der Waals surface area contributed by atoms with Crippen LogP contribution in [-0.4, -0.2) is 22.5 Å². The van der Waals surface area contributed by atoms with Gasteiger partial charge < -0.3 is 5.32 Å². The van der Waals surface area contributed by atoms with E-state index < -0.39 is 0 Å². The Morgan fingerprint density at radius 2 is 1.91 bits per heavy atom. The molecule has 1 aromatic carbocycles. The van der Waals surface area contributed by atoms with E-state index in [0.29, 0.717) is 17.1 Å². The monoisotopic (exact) mass is 422 g/mol. The Kier molecular flexibility index (Phi) is 6.21. The van der Waals surface area contributed by atoms with Gasteiger partial charge in [0.2, 0.25) is 5.91 Å². The molecule has 0 atom stereocenters. The van der Waals surface area contributed by atoms with Gasteiger partial charge >= 0.3 is 0 Å². The number of rotatable bonds is 5. The van der Waals surface area contributed by atoms with E-state index in [1.54, 1.807) is 43.5 Å². The number of carbonyl (C=O) groups excluding carboxylic acids is 2. The Labute approximate surface area is 147 Å². The van der Waals surface area contributed by atoms with Crippen molar-refractivity contribution < 1.29 is 9.59 Å². The second-order valence-electron chi connectivity index (χ2n) is 4.73. The smallest absolute Gasteiger partial charge is 0.271 e. The highest BCUT2D eigenvalue weighted by Crippen LogP contribution is 2.06. The zero-order valence-corrected chi connectivity index (χ0v) is 14.6. The molecule has 0 aliphatic carbocycles. The maximum atomic E-state index is 11.9. The zero-order chi connectivity index (χ0) is 16.7. The molecule has 0 saturated heterocycles. The van der Waals surface area contributed by atoms with E-state index in [-0.39, 0.29) is 18.2 Å². The lowest BCUT2D eigenvalue weighted by molar-refractivity contribution is -0.115. The highest BCUT2D eigenvalue weighted by Gasteiger charge is 2.07. The second-order valence-corrected chi connectivity index (χ2v) is 5.98. The SMILES string of the molecule is CC(CC(=O)Nc1ccccn1)=NNC(=O)c1ccc(I)cc1. The summed E-state index contributed by atoms with van der Waals surface area (Å²) in [5, 5.41) is 6.59. The lowest BCUT2D eigenvalue weighted by atomic mass is 10.2. The van der Waals surface area contributed by atoms with Crippen molar-refractivity contribution in [2.75, 3.05) is 5.32 Å². The summed E-state index contributed by atoms with van der Waals surface area (Å²) in [7, 11) is 0. The van der Waals surface area contributed by atoms with E-state index in [1.807, 2.05) is 12.1 Å². The fourth-order valence-electron chi connectivity index (χ4n) is 1.71. The van der Waals surface area contributed by atoms with Gasteiger partial charge in [0.15, 0.2) is 0 Å². The van der Waals surface area contributed by atoms with Gasteiger partial charge in [0.05, 0.1) is 6.42 Å². The average molecular weight is 422 g/mol. The minimum absolute atomic E-state index is 0.0730. The van der Waals surface area contributed by atoms with Gasteiger partial charge in [0, 0.05) is 21.0 Å². The van der Waals surface area contributed by atoms with Crippen molar-refractivity contribution in [1.82, 2.24) is 10.4 Å². The molecule has 1 aromatic heterocycles. The molecule has 0 spiro atoms. The van der Waals surface area contributed by atoms with Crippen LogP contribution >= 0.6 is 22.6 Å². The van der Waals surface area contributed by atoms with Crippen molar-refractivity contribution >= 4 is 45.9 Å². The number of halogens is 1. The van der Waals surface area contributed by atoms with Crippen LogP contribution in [0.5, 0.6) is 0 Å². The molecule has 0 aliphatic rings. The molecular weight excluding hydrogens is 407 g/mol. The van der Waals surface area contributed by atoms with Crippen LogP contribution in [0.15, 0.2) is 53.8 Å². The van der Waals surface area contributed by atoms with Gasteiger partial charge in [-0.05, 0) is 65.9 Å². The topological polar surface area (TPSA) is 83.4 Å². The van der Waals surface area contributed by atoms with Crippen molar-refractivity contribution in [3.8, 4) is 0 Å². The van der Waals surface area contributed by atoms with Crippen LogP contribution in [0.4, 0.5) is 5.82 Å². The van der Waals surface area contributed by atoms with Crippen molar-refractivity contribution in [1.29, 1.82) is 0 Å². The molecule has 2 rings (SSSR count). The maximum Gasteiger partial charge on any atom is 0.271 e. The number of pyridine rings is 1. The van der Waals surface area contributed by atoms with Crippen LogP contribution in [0.3, 0.4) is 0 Å². The van der Waals surface area contributed by atoms with E-state index >= 15 is 0 Å². The van der Waals surface area contributed by atoms with Crippen LogP contribution in [0.1, 0.15) is 23.7 Å². The largest absolute Gasteiger partial charge is 0.310 e. The fourth-order valence-corrected chi connectivity index (χ4v) is 2.07. The highest BCUT2D eigenvalue weighted by atomic mass is 127. The van der Waals surface area contributed by atoms with Crippen LogP contribution in [0.25, 0.3) is 0 Å². The van der Waals surface area contributed by atoms with Crippen LogP contribution < -0.4 is 10.7 Å². The summed E-state index contributed by atoms with van der Waals surface area (Å²) in [4.78, 5) is 27.7. The van der Waals surface area contributed by atoms with Crippen molar-refractivity contribution in [3.05, 3.63) is 57.8 Å². The van der Waals surface area contributed by atoms with Gasteiger partial charge in [0.1, 0.15) is 5.82 Å². The summed E-state index contributed by atoms with van der Waals surface area (Å²) in [5.74, 6) is -0.0763. The van der Waals surface area contributed by atoms with Gasteiger partial charge in [-0.3, -0.25) is 9.59 Å². The van der Waals surface area contributed by atoms with E-state index in [4.69, 9.17) is 0 Å². The van der Waals surface area contributed by atoms with Gasteiger partial charge in [-0.25, -0.2) is 10.4 Å². The van der Waals surface area contributed by atoms with E-state index in [2.05, 4.69) is 43.4 Å². The first kappa shape index (κ1) is 17.1. The zero-order valence-electron chi connectivity index (χ0n) is 12.4. The molecule has 2 N–H and O–H groups in total. The van der Waals surface area contributed by atoms with Crippen molar-refractivity contribution in [3.63, 3.8) is 0 Å². The van der Waals surface area contributed by atoms with E-state index in [9.17, 15) is 9.59 Å². The van der Waals surface area contributed by atoms with Crippen LogP contribution in [-0.2, 0) is 4.79 Å². The van der Waals surface area contributed by atoms with Crippen LogP contribution in [0, 0.1) is 3.57 Å². The number of benzene rings is 1. The summed E-state index contributed by atoms with van der Waals surface area (Å²) in [6.45, 7) is 1.67. The molecule has 0 aliphatic heterocycles. The van der Waals surface area contributed by atoms with Gasteiger partial charge in [-0.15, -0.1) is 0 Å². The molecule has 0 saturated carbocycles. The molecule has 0 unspecified atom stereocenters. The Hall–Kier alpha value is -2.29. The van der Waals surface area contributed by atoms with Gasteiger partial charge in [-0.2, -0.15) is 5.10 Å². The molecular formula is C16H15IN4O2. The lowest BCUT2D eigenvalue weighted by Gasteiger charge is -2.05. The number of hydrazone groups is 1. The molecule has 2 amide bonds. The summed E-state index contributed by atoms with van der Waals surface area (Å²) >= 11 is 2.17. The lowest BCUT2D eigenvalue weighted by Crippen LogP contribution is -2.21. The summed E-state index contributed by atoms with van der Waals surface area (Å²) in [6, 6.07) is 12.4. The summed E-state index contributed by atoms with van der Waals surface area (Å²) in [6.07, 6.45) is 1.67. The Morgan fingerprint density at radius 1 is 1.17 bits per heavy atom. The van der Waals surface area contributed by atoms with Gasteiger partial charge in [-0.1, -0.05) is 6.07 Å². The number of aromatic nitrogens is 1. The number of hydrogen-bond donors (Lipinski definition) is 2. The summed E-state index contributed by atoms with van der Waals surface area (Å²) in [5.41, 5.74) is 3.45. The number of nitrogens with one attached hydrogen (secondary N) is 2. The fraction of sp³-hybridized carbons (Fsp3) is 0.125. The van der Waals surface area contributed by atoms with Crippen molar-refractivity contribution in [2.24, 2.45) is 5.10 Å². The quantitative estimate of drug-likeness (QED) is 0.442. The molecule has 23 heavy (non-hydrogen) atoms. The number of nitrogens with zero attached hydrogens (tertiary/aromatic N) is 2.